The van der Waals surface area contributed by atoms with E-state index < -0.39 is 28.0 Å². The molecule has 0 saturated carbocycles. The number of nitro benzene ring substituents is 1. The fourth-order valence-corrected chi connectivity index (χ4v) is 2.82. The molecule has 0 radical (unpaired) electrons. The molecule has 8 heteroatoms. The minimum absolute atomic E-state index is 0.0357. The SMILES string of the molecule is CC1CCN(C(=O)c2c(N)cccc2[N+](=O)[O-])[C@@]1(C)C(=O)O. The Morgan fingerprint density at radius 1 is 1.50 bits per heavy atom. The summed E-state index contributed by atoms with van der Waals surface area (Å²) in [6.45, 7) is 3.41. The van der Waals surface area contributed by atoms with Crippen molar-refractivity contribution in [3.8, 4) is 0 Å². The Morgan fingerprint density at radius 3 is 2.68 bits per heavy atom. The second kappa shape index (κ2) is 5.28. The fraction of sp³-hybridized carbons (Fsp3) is 0.429. The van der Waals surface area contributed by atoms with Crippen LogP contribution in [0.4, 0.5) is 11.4 Å². The molecule has 1 aromatic carbocycles. The van der Waals surface area contributed by atoms with Crippen LogP contribution in [0.2, 0.25) is 0 Å². The first-order valence-electron chi connectivity index (χ1n) is 6.79. The molecule has 1 amide bonds. The Kier molecular flexibility index (Phi) is 3.78. The van der Waals surface area contributed by atoms with Crippen LogP contribution in [0.5, 0.6) is 0 Å². The molecule has 0 spiro atoms. The Morgan fingerprint density at radius 2 is 2.14 bits per heavy atom. The molecule has 2 atom stereocenters. The molecule has 1 saturated heterocycles. The average Bonchev–Trinajstić information content (AvgIpc) is 2.75. The maximum Gasteiger partial charge on any atom is 0.329 e. The standard InChI is InChI=1S/C14H17N3O5/c1-8-6-7-16(14(8,2)13(19)20)12(18)11-9(15)4-3-5-10(11)17(21)22/h3-5,8H,6-7,15H2,1-2H3,(H,19,20)/t8?,14-/m1/s1. The number of benzene rings is 1. The molecule has 3 N–H and O–H groups in total. The fourth-order valence-electron chi connectivity index (χ4n) is 2.82. The molecule has 1 fully saturated rings. The smallest absolute Gasteiger partial charge is 0.329 e. The van der Waals surface area contributed by atoms with Crippen LogP contribution in [-0.2, 0) is 4.79 Å². The number of nitrogens with two attached hydrogens (primary N) is 1. The number of rotatable bonds is 3. The lowest BCUT2D eigenvalue weighted by Crippen LogP contribution is -2.53. The van der Waals surface area contributed by atoms with E-state index >= 15 is 0 Å². The highest BCUT2D eigenvalue weighted by Gasteiger charge is 2.52. The van der Waals surface area contributed by atoms with Crippen LogP contribution in [0.1, 0.15) is 30.6 Å². The topological polar surface area (TPSA) is 127 Å². The van der Waals surface area contributed by atoms with E-state index in [9.17, 15) is 24.8 Å². The number of hydrogen-bond donors (Lipinski definition) is 2. The first kappa shape index (κ1) is 15.7. The predicted octanol–water partition coefficient (Wildman–Crippen LogP) is 1.50. The molecule has 1 aliphatic rings. The highest BCUT2D eigenvalue weighted by molar-refractivity contribution is 6.05. The molecule has 22 heavy (non-hydrogen) atoms. The lowest BCUT2D eigenvalue weighted by molar-refractivity contribution is -0.385. The lowest BCUT2D eigenvalue weighted by atomic mass is 9.88. The van der Waals surface area contributed by atoms with Crippen molar-refractivity contribution >= 4 is 23.3 Å². The highest BCUT2D eigenvalue weighted by atomic mass is 16.6. The predicted molar refractivity (Wildman–Crippen MR) is 78.4 cm³/mol. The summed E-state index contributed by atoms with van der Waals surface area (Å²) in [4.78, 5) is 35.9. The summed E-state index contributed by atoms with van der Waals surface area (Å²) in [6, 6.07) is 3.95. The van der Waals surface area contributed by atoms with Gasteiger partial charge in [0.2, 0.25) is 0 Å². The summed E-state index contributed by atoms with van der Waals surface area (Å²) in [6.07, 6.45) is 0.509. The number of carbonyl (C=O) groups is 2. The molecule has 8 nitrogen and oxygen atoms in total. The average molecular weight is 307 g/mol. The monoisotopic (exact) mass is 307 g/mol. The van der Waals surface area contributed by atoms with Gasteiger partial charge in [0.15, 0.2) is 0 Å². The zero-order valence-electron chi connectivity index (χ0n) is 12.3. The largest absolute Gasteiger partial charge is 0.479 e. The number of anilines is 1. The van der Waals surface area contributed by atoms with Crippen LogP contribution in [0.3, 0.4) is 0 Å². The van der Waals surface area contributed by atoms with Crippen molar-refractivity contribution in [2.75, 3.05) is 12.3 Å². The Labute approximate surface area is 126 Å². The number of carboxylic acid groups (broad SMARTS) is 1. The number of nitrogens with zero attached hydrogens (tertiary/aromatic N) is 2. The van der Waals surface area contributed by atoms with E-state index in [0.717, 1.165) is 0 Å². The van der Waals surface area contributed by atoms with Gasteiger partial charge < -0.3 is 15.7 Å². The molecule has 1 aromatic rings. The van der Waals surface area contributed by atoms with E-state index in [1.807, 2.05) is 0 Å². The van der Waals surface area contributed by atoms with Crippen LogP contribution in [-0.4, -0.2) is 38.9 Å². The highest BCUT2D eigenvalue weighted by Crippen LogP contribution is 2.38. The van der Waals surface area contributed by atoms with Gasteiger partial charge in [-0.3, -0.25) is 14.9 Å². The van der Waals surface area contributed by atoms with Crippen molar-refractivity contribution in [3.05, 3.63) is 33.9 Å². The molecule has 1 heterocycles. The third kappa shape index (κ3) is 2.16. The molecular formula is C14H17N3O5. The van der Waals surface area contributed by atoms with Crippen molar-refractivity contribution in [1.29, 1.82) is 0 Å². The first-order valence-corrected chi connectivity index (χ1v) is 6.79. The van der Waals surface area contributed by atoms with Crippen LogP contribution in [0.15, 0.2) is 18.2 Å². The normalized spacial score (nSPS) is 24.3. The summed E-state index contributed by atoms with van der Waals surface area (Å²) in [7, 11) is 0. The van der Waals surface area contributed by atoms with Crippen LogP contribution >= 0.6 is 0 Å². The van der Waals surface area contributed by atoms with Gasteiger partial charge in [0.05, 0.1) is 10.6 Å². The van der Waals surface area contributed by atoms with Crippen molar-refractivity contribution in [2.45, 2.75) is 25.8 Å². The molecule has 0 aromatic heterocycles. The molecule has 1 unspecified atom stereocenters. The van der Waals surface area contributed by atoms with Gasteiger partial charge in [-0.1, -0.05) is 13.0 Å². The van der Waals surface area contributed by atoms with Gasteiger partial charge >= 0.3 is 5.97 Å². The maximum absolute atomic E-state index is 12.7. The summed E-state index contributed by atoms with van der Waals surface area (Å²) in [5, 5.41) is 20.6. The van der Waals surface area contributed by atoms with Gasteiger partial charge in [-0.2, -0.15) is 0 Å². The van der Waals surface area contributed by atoms with Crippen LogP contribution < -0.4 is 5.73 Å². The molecular weight excluding hydrogens is 290 g/mol. The number of carboxylic acids is 1. The third-order valence-corrected chi connectivity index (χ3v) is 4.47. The number of aliphatic carboxylic acids is 1. The second-order valence-corrected chi connectivity index (χ2v) is 5.60. The Balaban J connectivity index is 2.54. The van der Waals surface area contributed by atoms with Crippen LogP contribution in [0, 0.1) is 16.0 Å². The summed E-state index contributed by atoms with van der Waals surface area (Å²) >= 11 is 0. The van der Waals surface area contributed by atoms with E-state index in [2.05, 4.69) is 0 Å². The van der Waals surface area contributed by atoms with Crippen molar-refractivity contribution in [2.24, 2.45) is 5.92 Å². The number of hydrogen-bond acceptors (Lipinski definition) is 5. The van der Waals surface area contributed by atoms with Gasteiger partial charge in [-0.25, -0.2) is 4.79 Å². The molecule has 0 aliphatic carbocycles. The lowest BCUT2D eigenvalue weighted by Gasteiger charge is -2.34. The maximum atomic E-state index is 12.7. The Hall–Kier alpha value is -2.64. The van der Waals surface area contributed by atoms with Gasteiger partial charge in [0.1, 0.15) is 11.1 Å². The minimum Gasteiger partial charge on any atom is -0.479 e. The van der Waals surface area contributed by atoms with Gasteiger partial charge in [0.25, 0.3) is 11.6 Å². The van der Waals surface area contributed by atoms with Gasteiger partial charge in [-0.05, 0) is 25.3 Å². The van der Waals surface area contributed by atoms with E-state index in [4.69, 9.17) is 5.73 Å². The van der Waals surface area contributed by atoms with E-state index in [0.29, 0.717) is 6.42 Å². The van der Waals surface area contributed by atoms with E-state index in [1.165, 1.54) is 30.0 Å². The van der Waals surface area contributed by atoms with Crippen LogP contribution in [0.25, 0.3) is 0 Å². The summed E-state index contributed by atoms with van der Waals surface area (Å²) in [5.41, 5.74) is 3.61. The molecule has 0 bridgehead atoms. The van der Waals surface area contributed by atoms with Crippen molar-refractivity contribution in [3.63, 3.8) is 0 Å². The quantitative estimate of drug-likeness (QED) is 0.495. The molecule has 2 rings (SSSR count). The van der Waals surface area contributed by atoms with E-state index in [1.54, 1.807) is 6.92 Å². The molecule has 118 valence electrons. The van der Waals surface area contributed by atoms with Gasteiger partial charge in [0, 0.05) is 12.6 Å². The molecule has 1 aliphatic heterocycles. The number of carbonyl (C=O) groups excluding carboxylic acids is 1. The zero-order valence-corrected chi connectivity index (χ0v) is 12.3. The minimum atomic E-state index is -1.41. The van der Waals surface area contributed by atoms with E-state index in [-0.39, 0.29) is 23.7 Å². The number of likely N-dealkylation sites (tertiary alicyclic amines) is 1. The zero-order chi connectivity index (χ0) is 16.7. The summed E-state index contributed by atoms with van der Waals surface area (Å²) < 4.78 is 0. The third-order valence-electron chi connectivity index (χ3n) is 4.47. The first-order chi connectivity index (χ1) is 10.2. The number of nitrogen functional groups attached to an aromatic ring is 1. The van der Waals surface area contributed by atoms with Crippen molar-refractivity contribution < 1.29 is 19.6 Å². The van der Waals surface area contributed by atoms with Gasteiger partial charge in [-0.15, -0.1) is 0 Å². The number of nitro groups is 1. The Bertz CT molecular complexity index is 660. The second-order valence-electron chi connectivity index (χ2n) is 5.60. The number of amides is 1. The van der Waals surface area contributed by atoms with Crippen molar-refractivity contribution in [1.82, 2.24) is 4.90 Å². The summed E-state index contributed by atoms with van der Waals surface area (Å²) in [5.74, 6) is -2.13.